The van der Waals surface area contributed by atoms with Crippen LogP contribution >= 0.6 is 0 Å². The van der Waals surface area contributed by atoms with Crippen LogP contribution in [-0.4, -0.2) is 22.8 Å². The molecule has 22 heavy (non-hydrogen) atoms. The summed E-state index contributed by atoms with van der Waals surface area (Å²) in [6.45, 7) is 8.45. The summed E-state index contributed by atoms with van der Waals surface area (Å²) in [5.74, 6) is 0. The Kier molecular flexibility index (Phi) is 11.0. The Morgan fingerprint density at radius 3 is 1.68 bits per heavy atom. The Hall–Kier alpha value is -0.410. The fraction of sp³-hybridized carbons (Fsp3) is 0.947. The molecule has 3 nitrogen and oxygen atoms in total. The highest BCUT2D eigenvalue weighted by molar-refractivity contribution is 5.57. The van der Waals surface area contributed by atoms with Gasteiger partial charge in [-0.1, -0.05) is 72.6 Å². The number of aliphatic hydroxyl groups excluding tert-OH is 1. The van der Waals surface area contributed by atoms with E-state index in [0.29, 0.717) is 6.42 Å². The van der Waals surface area contributed by atoms with Gasteiger partial charge in [-0.3, -0.25) is 0 Å². The maximum Gasteiger partial charge on any atom is 0.151 e. The van der Waals surface area contributed by atoms with Gasteiger partial charge >= 0.3 is 0 Å². The minimum absolute atomic E-state index is 0.145. The lowest BCUT2D eigenvalue weighted by Gasteiger charge is -2.25. The van der Waals surface area contributed by atoms with Crippen molar-refractivity contribution < 1.29 is 15.0 Å². The molecule has 0 spiro atoms. The van der Waals surface area contributed by atoms with Crippen molar-refractivity contribution in [3.05, 3.63) is 0 Å². The molecule has 0 radical (unpaired) electrons. The zero-order chi connectivity index (χ0) is 17.1. The molecule has 0 bridgehead atoms. The average molecular weight is 315 g/mol. The van der Waals surface area contributed by atoms with Crippen LogP contribution in [0, 0.1) is 10.8 Å². The van der Waals surface area contributed by atoms with E-state index in [2.05, 4.69) is 13.8 Å². The van der Waals surface area contributed by atoms with Gasteiger partial charge in [0.1, 0.15) is 6.29 Å². The van der Waals surface area contributed by atoms with E-state index in [-0.39, 0.29) is 10.8 Å². The Morgan fingerprint density at radius 2 is 1.23 bits per heavy atom. The van der Waals surface area contributed by atoms with E-state index in [4.69, 9.17) is 10.2 Å². The van der Waals surface area contributed by atoms with Gasteiger partial charge in [0.15, 0.2) is 6.29 Å². The minimum atomic E-state index is -1.16. The summed E-state index contributed by atoms with van der Waals surface area (Å²) in [4.78, 5) is 10.8. The third kappa shape index (κ3) is 13.3. The first-order valence-corrected chi connectivity index (χ1v) is 9.01. The third-order valence-corrected chi connectivity index (χ3v) is 4.57. The van der Waals surface area contributed by atoms with Crippen LogP contribution in [0.5, 0.6) is 0 Å². The summed E-state index contributed by atoms with van der Waals surface area (Å²) in [6, 6.07) is 0. The molecule has 0 aliphatic heterocycles. The van der Waals surface area contributed by atoms with Crippen molar-refractivity contribution in [1.29, 1.82) is 0 Å². The highest BCUT2D eigenvalue weighted by Gasteiger charge is 2.18. The first-order chi connectivity index (χ1) is 10.2. The maximum atomic E-state index is 10.8. The van der Waals surface area contributed by atoms with Gasteiger partial charge in [-0.15, -0.1) is 0 Å². The SMILES string of the molecule is CC(C)(C=O)CCCCCCCCCC(C)(C)CCC(O)O. The summed E-state index contributed by atoms with van der Waals surface area (Å²) in [7, 11) is 0. The van der Waals surface area contributed by atoms with Gasteiger partial charge < -0.3 is 15.0 Å². The zero-order valence-electron chi connectivity index (χ0n) is 15.2. The lowest BCUT2D eigenvalue weighted by Crippen LogP contribution is -2.15. The standard InChI is InChI=1S/C19H38O3/c1-18(2,15-12-17(21)22)13-10-8-6-5-7-9-11-14-19(3,4)16-20/h16-17,21-22H,5-15H2,1-4H3. The highest BCUT2D eigenvalue weighted by Crippen LogP contribution is 2.30. The summed E-state index contributed by atoms with van der Waals surface area (Å²) < 4.78 is 0. The van der Waals surface area contributed by atoms with Gasteiger partial charge in [-0.25, -0.2) is 0 Å². The van der Waals surface area contributed by atoms with E-state index in [0.717, 1.165) is 32.0 Å². The van der Waals surface area contributed by atoms with Crippen molar-refractivity contribution in [2.75, 3.05) is 0 Å². The predicted molar refractivity (Wildman–Crippen MR) is 92.6 cm³/mol. The summed E-state index contributed by atoms with van der Waals surface area (Å²) >= 11 is 0. The van der Waals surface area contributed by atoms with Crippen molar-refractivity contribution in [3.63, 3.8) is 0 Å². The van der Waals surface area contributed by atoms with Crippen molar-refractivity contribution in [2.45, 2.75) is 105 Å². The number of rotatable bonds is 14. The van der Waals surface area contributed by atoms with Gasteiger partial charge in [-0.05, 0) is 31.1 Å². The van der Waals surface area contributed by atoms with Gasteiger partial charge in [0.05, 0.1) is 0 Å². The highest BCUT2D eigenvalue weighted by atomic mass is 16.5. The van der Waals surface area contributed by atoms with Crippen molar-refractivity contribution >= 4 is 6.29 Å². The number of hydrogen-bond acceptors (Lipinski definition) is 3. The number of aldehydes is 1. The Morgan fingerprint density at radius 1 is 0.773 bits per heavy atom. The first kappa shape index (κ1) is 21.6. The quantitative estimate of drug-likeness (QED) is 0.274. The van der Waals surface area contributed by atoms with E-state index < -0.39 is 6.29 Å². The molecule has 0 aromatic carbocycles. The molecule has 132 valence electrons. The molecule has 3 heteroatoms. The van der Waals surface area contributed by atoms with Crippen LogP contribution in [0.15, 0.2) is 0 Å². The van der Waals surface area contributed by atoms with Gasteiger partial charge in [0.2, 0.25) is 0 Å². The fourth-order valence-corrected chi connectivity index (χ4v) is 2.77. The molecule has 0 aliphatic carbocycles. The Labute approximate surface area is 137 Å². The van der Waals surface area contributed by atoms with Crippen molar-refractivity contribution in [2.24, 2.45) is 10.8 Å². The predicted octanol–water partition coefficient (Wildman–Crippen LogP) is 4.84. The van der Waals surface area contributed by atoms with Crippen LogP contribution < -0.4 is 0 Å². The largest absolute Gasteiger partial charge is 0.368 e. The Bertz CT molecular complexity index is 282. The molecule has 0 atom stereocenters. The van der Waals surface area contributed by atoms with Crippen LogP contribution in [-0.2, 0) is 4.79 Å². The van der Waals surface area contributed by atoms with Crippen LogP contribution in [0.2, 0.25) is 0 Å². The molecule has 0 aromatic heterocycles. The molecule has 0 aromatic rings. The lowest BCUT2D eigenvalue weighted by molar-refractivity contribution is -0.115. The smallest absolute Gasteiger partial charge is 0.151 e. The molecule has 0 amide bonds. The van der Waals surface area contributed by atoms with Crippen molar-refractivity contribution in [3.8, 4) is 0 Å². The van der Waals surface area contributed by atoms with E-state index in [1.165, 1.54) is 38.5 Å². The number of carbonyl (C=O) groups excluding carboxylic acids is 1. The maximum absolute atomic E-state index is 10.8. The summed E-state index contributed by atoms with van der Waals surface area (Å²) in [6.07, 6.45) is 12.2. The molecular formula is C19H38O3. The van der Waals surface area contributed by atoms with E-state index in [1.807, 2.05) is 13.8 Å². The van der Waals surface area contributed by atoms with Crippen LogP contribution in [0.3, 0.4) is 0 Å². The topological polar surface area (TPSA) is 57.5 Å². The van der Waals surface area contributed by atoms with Crippen LogP contribution in [0.1, 0.15) is 98.3 Å². The van der Waals surface area contributed by atoms with Crippen molar-refractivity contribution in [1.82, 2.24) is 0 Å². The number of hydrogen-bond donors (Lipinski definition) is 2. The zero-order valence-corrected chi connectivity index (χ0v) is 15.2. The third-order valence-electron chi connectivity index (χ3n) is 4.57. The lowest BCUT2D eigenvalue weighted by atomic mass is 9.82. The summed E-state index contributed by atoms with van der Waals surface area (Å²) in [5, 5.41) is 17.9. The molecule has 2 N–H and O–H groups in total. The normalized spacial score (nSPS) is 12.9. The van der Waals surface area contributed by atoms with E-state index in [9.17, 15) is 4.79 Å². The average Bonchev–Trinajstić information content (AvgIpc) is 2.43. The molecule has 0 fully saturated rings. The molecular weight excluding hydrogens is 276 g/mol. The number of carbonyl (C=O) groups is 1. The second-order valence-electron chi connectivity index (χ2n) is 8.26. The number of unbranched alkanes of at least 4 members (excludes halogenated alkanes) is 6. The Balaban J connectivity index is 3.45. The molecule has 0 rings (SSSR count). The molecule has 0 heterocycles. The van der Waals surface area contributed by atoms with Gasteiger partial charge in [0, 0.05) is 5.41 Å². The van der Waals surface area contributed by atoms with E-state index in [1.54, 1.807) is 0 Å². The first-order valence-electron chi connectivity index (χ1n) is 9.01. The second kappa shape index (κ2) is 11.2. The van der Waals surface area contributed by atoms with Gasteiger partial charge in [-0.2, -0.15) is 0 Å². The molecule has 0 unspecified atom stereocenters. The van der Waals surface area contributed by atoms with Crippen LogP contribution in [0.25, 0.3) is 0 Å². The second-order valence-corrected chi connectivity index (χ2v) is 8.26. The molecule has 0 aliphatic rings. The fourth-order valence-electron chi connectivity index (χ4n) is 2.77. The molecule has 0 saturated heterocycles. The minimum Gasteiger partial charge on any atom is -0.368 e. The van der Waals surface area contributed by atoms with E-state index >= 15 is 0 Å². The van der Waals surface area contributed by atoms with Gasteiger partial charge in [0.25, 0.3) is 0 Å². The van der Waals surface area contributed by atoms with Crippen LogP contribution in [0.4, 0.5) is 0 Å². The molecule has 0 saturated carbocycles. The number of aliphatic hydroxyl groups is 2. The summed E-state index contributed by atoms with van der Waals surface area (Å²) in [5.41, 5.74) is 0.0673. The monoisotopic (exact) mass is 314 g/mol.